The highest BCUT2D eigenvalue weighted by Gasteiger charge is 2.74. The normalized spacial score (nSPS) is 47.1. The first-order valence-electron chi connectivity index (χ1n) is 10.1. The number of nitrogens with zero attached hydrogens (tertiary/aromatic N) is 1. The van der Waals surface area contributed by atoms with Gasteiger partial charge in [0, 0.05) is 32.1 Å². The van der Waals surface area contributed by atoms with Crippen molar-refractivity contribution in [1.29, 1.82) is 0 Å². The molecule has 0 aromatic heterocycles. The van der Waals surface area contributed by atoms with Gasteiger partial charge in [0.15, 0.2) is 0 Å². The first kappa shape index (κ1) is 17.8. The Kier molecular flexibility index (Phi) is 3.88. The second kappa shape index (κ2) is 5.68. The molecule has 0 saturated heterocycles. The summed E-state index contributed by atoms with van der Waals surface area (Å²) < 4.78 is 5.50. The SMILES string of the molecule is C#[N+]C12CCC(=O)C1(C)CCC1C2CC=C2CC(OC(C)=O)CCC21C. The van der Waals surface area contributed by atoms with Crippen LogP contribution in [0.25, 0.3) is 4.85 Å². The molecule has 26 heavy (non-hydrogen) atoms. The molecule has 0 aromatic rings. The van der Waals surface area contributed by atoms with Gasteiger partial charge in [-0.1, -0.05) is 23.4 Å². The number of Topliss-reactive ketones (excluding diaryl/α,β-unsaturated/α-hetero) is 1. The summed E-state index contributed by atoms with van der Waals surface area (Å²) in [7, 11) is 0. The maximum Gasteiger partial charge on any atom is 0.302 e. The number of carbonyl (C=O) groups excluding carboxylic acids is 2. The third-order valence-corrected chi connectivity index (χ3v) is 8.52. The minimum absolute atomic E-state index is 0.0124. The van der Waals surface area contributed by atoms with Crippen LogP contribution in [0.5, 0.6) is 0 Å². The molecule has 0 N–H and O–H groups in total. The van der Waals surface area contributed by atoms with Crippen molar-refractivity contribution in [2.45, 2.75) is 83.8 Å². The minimum Gasteiger partial charge on any atom is -0.462 e. The highest BCUT2D eigenvalue weighted by molar-refractivity contribution is 5.89. The predicted octanol–water partition coefficient (Wildman–Crippen LogP) is 4.54. The zero-order chi connectivity index (χ0) is 18.7. The molecular formula is C22H30NO3+. The summed E-state index contributed by atoms with van der Waals surface area (Å²) in [5, 5.41) is 0. The molecule has 0 bridgehead atoms. The number of carbonyl (C=O) groups is 2. The molecule has 6 unspecified atom stereocenters. The largest absolute Gasteiger partial charge is 0.462 e. The highest BCUT2D eigenvalue weighted by atomic mass is 16.5. The molecule has 0 heterocycles. The maximum absolute atomic E-state index is 12.7. The number of hydrogen-bond acceptors (Lipinski definition) is 3. The summed E-state index contributed by atoms with van der Waals surface area (Å²) in [5.74, 6) is 1.01. The van der Waals surface area contributed by atoms with E-state index < -0.39 is 5.54 Å². The number of rotatable bonds is 1. The van der Waals surface area contributed by atoms with Gasteiger partial charge in [0.05, 0.1) is 0 Å². The van der Waals surface area contributed by atoms with Crippen LogP contribution in [0.2, 0.25) is 0 Å². The van der Waals surface area contributed by atoms with Crippen LogP contribution in [0.3, 0.4) is 0 Å². The number of ether oxygens (including phenoxy) is 1. The van der Waals surface area contributed by atoms with Crippen LogP contribution >= 0.6 is 0 Å². The Bertz CT molecular complexity index is 734. The standard InChI is InChI=1S/C22H30NO3/c1-14(24)26-16-7-10-20(2)15(13-16)5-6-18-17(20)8-11-21(3)19(25)9-12-22(18,21)23-4/h4-5,16-18H,6-13H2,1-3H3/q+1. The molecule has 0 spiro atoms. The van der Waals surface area contributed by atoms with Gasteiger partial charge in [0.2, 0.25) is 0 Å². The summed E-state index contributed by atoms with van der Waals surface area (Å²) in [6, 6.07) is 0. The average molecular weight is 356 g/mol. The van der Waals surface area contributed by atoms with Gasteiger partial charge in [-0.25, -0.2) is 0 Å². The second-order valence-corrected chi connectivity index (χ2v) is 9.42. The lowest BCUT2D eigenvalue weighted by molar-refractivity contribution is -0.148. The first-order valence-corrected chi connectivity index (χ1v) is 10.1. The van der Waals surface area contributed by atoms with Gasteiger partial charge in [-0.3, -0.25) is 9.59 Å². The van der Waals surface area contributed by atoms with Gasteiger partial charge < -0.3 is 4.74 Å². The van der Waals surface area contributed by atoms with Crippen molar-refractivity contribution in [2.75, 3.05) is 0 Å². The molecule has 140 valence electrons. The van der Waals surface area contributed by atoms with Gasteiger partial charge in [-0.2, -0.15) is 0 Å². The molecule has 0 aromatic carbocycles. The van der Waals surface area contributed by atoms with E-state index in [1.807, 2.05) is 0 Å². The van der Waals surface area contributed by atoms with Gasteiger partial charge >= 0.3 is 5.97 Å². The summed E-state index contributed by atoms with van der Waals surface area (Å²) in [6.45, 7) is 12.0. The number of fused-ring (bicyclic) bond motifs is 5. The summed E-state index contributed by atoms with van der Waals surface area (Å²) >= 11 is 0. The fourth-order valence-electron chi connectivity index (χ4n) is 7.00. The van der Waals surface area contributed by atoms with E-state index in [1.165, 1.54) is 12.5 Å². The second-order valence-electron chi connectivity index (χ2n) is 9.42. The molecular weight excluding hydrogens is 326 g/mol. The lowest BCUT2D eigenvalue weighted by Crippen LogP contribution is -2.59. The Morgan fingerprint density at radius 3 is 2.69 bits per heavy atom. The van der Waals surface area contributed by atoms with Gasteiger partial charge in [0.1, 0.15) is 17.3 Å². The van der Waals surface area contributed by atoms with Crippen LogP contribution in [0, 0.1) is 29.2 Å². The molecule has 0 amide bonds. The molecule has 3 saturated carbocycles. The lowest BCUT2D eigenvalue weighted by Gasteiger charge is -2.56. The Labute approximate surface area is 156 Å². The van der Waals surface area contributed by atoms with Crippen LogP contribution < -0.4 is 0 Å². The fraction of sp³-hybridized carbons (Fsp3) is 0.773. The van der Waals surface area contributed by atoms with E-state index in [2.05, 4.69) is 24.8 Å². The molecule has 0 radical (unpaired) electrons. The van der Waals surface area contributed by atoms with E-state index in [0.29, 0.717) is 24.0 Å². The van der Waals surface area contributed by atoms with E-state index in [0.717, 1.165) is 44.9 Å². The molecule has 6 atom stereocenters. The number of esters is 1. The molecule has 4 heteroatoms. The molecule has 4 aliphatic rings. The van der Waals surface area contributed by atoms with Crippen LogP contribution in [-0.4, -0.2) is 23.4 Å². The summed E-state index contributed by atoms with van der Waals surface area (Å²) in [4.78, 5) is 28.5. The Morgan fingerprint density at radius 1 is 1.23 bits per heavy atom. The van der Waals surface area contributed by atoms with E-state index in [-0.39, 0.29) is 22.9 Å². The van der Waals surface area contributed by atoms with Gasteiger partial charge in [0.25, 0.3) is 12.1 Å². The van der Waals surface area contributed by atoms with Crippen LogP contribution in [0.15, 0.2) is 11.6 Å². The van der Waals surface area contributed by atoms with Crippen molar-refractivity contribution < 1.29 is 14.3 Å². The molecule has 3 fully saturated rings. The van der Waals surface area contributed by atoms with Gasteiger partial charge in [-0.05, 0) is 50.4 Å². The lowest BCUT2D eigenvalue weighted by atomic mass is 9.45. The van der Waals surface area contributed by atoms with Crippen LogP contribution in [-0.2, 0) is 14.3 Å². The van der Waals surface area contributed by atoms with E-state index in [9.17, 15) is 9.59 Å². The van der Waals surface area contributed by atoms with Crippen molar-refractivity contribution in [2.24, 2.45) is 22.7 Å². The minimum atomic E-state index is -0.398. The molecule has 4 nitrogen and oxygen atoms in total. The van der Waals surface area contributed by atoms with Crippen LogP contribution in [0.1, 0.15) is 72.1 Å². The Morgan fingerprint density at radius 2 is 2.00 bits per heavy atom. The zero-order valence-electron chi connectivity index (χ0n) is 16.2. The Balaban J connectivity index is 1.69. The van der Waals surface area contributed by atoms with Gasteiger partial charge in [-0.15, -0.1) is 0 Å². The third-order valence-electron chi connectivity index (χ3n) is 8.52. The maximum atomic E-state index is 12.7. The third kappa shape index (κ3) is 2.12. The van der Waals surface area contributed by atoms with E-state index in [4.69, 9.17) is 11.3 Å². The highest BCUT2D eigenvalue weighted by Crippen LogP contribution is 2.67. The smallest absolute Gasteiger partial charge is 0.302 e. The van der Waals surface area contributed by atoms with Crippen molar-refractivity contribution in [3.05, 3.63) is 16.5 Å². The predicted molar refractivity (Wildman–Crippen MR) is 99.8 cm³/mol. The summed E-state index contributed by atoms with van der Waals surface area (Å²) in [5.41, 5.74) is 0.769. The van der Waals surface area contributed by atoms with Crippen LogP contribution in [0.4, 0.5) is 0 Å². The average Bonchev–Trinajstić information content (AvgIpc) is 2.87. The number of ketones is 1. The molecule has 0 aliphatic heterocycles. The van der Waals surface area contributed by atoms with Crippen molar-refractivity contribution in [3.8, 4) is 6.57 Å². The topological polar surface area (TPSA) is 47.7 Å². The zero-order valence-corrected chi connectivity index (χ0v) is 16.2. The quantitative estimate of drug-likeness (QED) is 0.512. The van der Waals surface area contributed by atoms with Crippen molar-refractivity contribution in [3.63, 3.8) is 0 Å². The summed E-state index contributed by atoms with van der Waals surface area (Å²) in [6.07, 6.45) is 9.48. The molecule has 4 rings (SSSR count). The van der Waals surface area contributed by atoms with E-state index >= 15 is 0 Å². The van der Waals surface area contributed by atoms with Crippen molar-refractivity contribution >= 4 is 11.8 Å². The number of hydrogen-bond donors (Lipinski definition) is 0. The van der Waals surface area contributed by atoms with Crippen molar-refractivity contribution in [1.82, 2.24) is 0 Å². The first-order chi connectivity index (χ1) is 12.3. The van der Waals surface area contributed by atoms with E-state index in [1.54, 1.807) is 0 Å². The number of allylic oxidation sites excluding steroid dienone is 1. The Hall–Kier alpha value is -1.63. The fourth-order valence-corrected chi connectivity index (χ4v) is 7.00. The molecule has 4 aliphatic carbocycles. The monoisotopic (exact) mass is 356 g/mol.